The molecule has 1 rings (SSSR count). The summed E-state index contributed by atoms with van der Waals surface area (Å²) < 4.78 is 1.09. The Morgan fingerprint density at radius 2 is 2.00 bits per heavy atom. The summed E-state index contributed by atoms with van der Waals surface area (Å²) in [7, 11) is 0. The van der Waals surface area contributed by atoms with Gasteiger partial charge in [0.15, 0.2) is 0 Å². The van der Waals surface area contributed by atoms with E-state index in [-0.39, 0.29) is 12.5 Å². The molecule has 84 valence electrons. The van der Waals surface area contributed by atoms with Crippen molar-refractivity contribution >= 4 is 15.9 Å². The van der Waals surface area contributed by atoms with Crippen LogP contribution in [-0.4, -0.2) is 11.7 Å². The van der Waals surface area contributed by atoms with Crippen LogP contribution < -0.4 is 0 Å². The van der Waals surface area contributed by atoms with Gasteiger partial charge in [-0.15, -0.1) is 0 Å². The smallest absolute Gasteiger partial charge is 0.0499 e. The van der Waals surface area contributed by atoms with E-state index in [1.54, 1.807) is 0 Å². The van der Waals surface area contributed by atoms with Gasteiger partial charge in [0, 0.05) is 17.0 Å². The minimum atomic E-state index is 0.239. The van der Waals surface area contributed by atoms with E-state index in [2.05, 4.69) is 41.9 Å². The Hall–Kier alpha value is -0.340. The van der Waals surface area contributed by atoms with E-state index in [9.17, 15) is 5.11 Å². The van der Waals surface area contributed by atoms with Gasteiger partial charge in [-0.05, 0) is 30.0 Å². The molecule has 1 unspecified atom stereocenters. The van der Waals surface area contributed by atoms with Gasteiger partial charge in [-0.2, -0.15) is 0 Å². The zero-order chi connectivity index (χ0) is 11.3. The molecular formula is C13H19BrO. The summed E-state index contributed by atoms with van der Waals surface area (Å²) in [5.41, 5.74) is 1.23. The van der Waals surface area contributed by atoms with Gasteiger partial charge in [-0.3, -0.25) is 0 Å². The Morgan fingerprint density at radius 3 is 2.53 bits per heavy atom. The summed E-state index contributed by atoms with van der Waals surface area (Å²) in [6.45, 7) is 4.67. The molecule has 0 aliphatic heterocycles. The number of aliphatic hydroxyl groups is 1. The summed E-state index contributed by atoms with van der Waals surface area (Å²) in [4.78, 5) is 0. The Bertz CT molecular complexity index is 296. The Morgan fingerprint density at radius 1 is 1.27 bits per heavy atom. The number of rotatable bonds is 5. The maximum Gasteiger partial charge on any atom is 0.0499 e. The van der Waals surface area contributed by atoms with Crippen LogP contribution in [0.2, 0.25) is 0 Å². The van der Waals surface area contributed by atoms with E-state index in [1.807, 2.05) is 12.1 Å². The summed E-state index contributed by atoms with van der Waals surface area (Å²) in [5.74, 6) is 0.983. The molecule has 1 nitrogen and oxygen atoms in total. The molecule has 0 heterocycles. The van der Waals surface area contributed by atoms with Gasteiger partial charge in [-0.25, -0.2) is 0 Å². The van der Waals surface area contributed by atoms with E-state index < -0.39 is 0 Å². The van der Waals surface area contributed by atoms with Gasteiger partial charge in [0.25, 0.3) is 0 Å². The van der Waals surface area contributed by atoms with Crippen molar-refractivity contribution in [2.24, 2.45) is 5.92 Å². The van der Waals surface area contributed by atoms with Gasteiger partial charge < -0.3 is 5.11 Å². The third-order valence-electron chi connectivity index (χ3n) is 2.63. The van der Waals surface area contributed by atoms with E-state index in [0.29, 0.717) is 5.92 Å². The molecule has 0 aliphatic rings. The van der Waals surface area contributed by atoms with Gasteiger partial charge >= 0.3 is 0 Å². The molecule has 15 heavy (non-hydrogen) atoms. The Kier molecular flexibility index (Phi) is 5.34. The standard InChI is InChI=1S/C13H19BrO/c1-10(2)6-7-12(9-15)11-4-3-5-13(14)8-11/h3-5,8,10,12,15H,6-7,9H2,1-2H3. The maximum absolute atomic E-state index is 9.37. The third kappa shape index (κ3) is 4.35. The van der Waals surface area contributed by atoms with Crippen molar-refractivity contribution in [3.63, 3.8) is 0 Å². The van der Waals surface area contributed by atoms with Crippen molar-refractivity contribution in [1.82, 2.24) is 0 Å². The highest BCUT2D eigenvalue weighted by Crippen LogP contribution is 2.25. The van der Waals surface area contributed by atoms with Crippen LogP contribution in [0, 0.1) is 5.92 Å². The van der Waals surface area contributed by atoms with Crippen molar-refractivity contribution < 1.29 is 5.11 Å². The van der Waals surface area contributed by atoms with Crippen LogP contribution >= 0.6 is 15.9 Å². The number of benzene rings is 1. The van der Waals surface area contributed by atoms with Gasteiger partial charge in [-0.1, -0.05) is 48.3 Å². The lowest BCUT2D eigenvalue weighted by atomic mass is 9.92. The topological polar surface area (TPSA) is 20.2 Å². The van der Waals surface area contributed by atoms with Crippen LogP contribution in [-0.2, 0) is 0 Å². The monoisotopic (exact) mass is 270 g/mol. The molecule has 1 N–H and O–H groups in total. The zero-order valence-corrected chi connectivity index (χ0v) is 11.0. The number of hydrogen-bond donors (Lipinski definition) is 1. The predicted octanol–water partition coefficient (Wildman–Crippen LogP) is 3.96. The normalized spacial score (nSPS) is 13.1. The summed E-state index contributed by atoms with van der Waals surface area (Å²) in [6, 6.07) is 8.23. The molecule has 0 aromatic heterocycles. The molecule has 0 spiro atoms. The van der Waals surface area contributed by atoms with Crippen LogP contribution in [0.5, 0.6) is 0 Å². The van der Waals surface area contributed by atoms with Crippen LogP contribution in [0.1, 0.15) is 38.2 Å². The predicted molar refractivity (Wildman–Crippen MR) is 68.0 cm³/mol. The molecule has 1 aromatic carbocycles. The second kappa shape index (κ2) is 6.29. The largest absolute Gasteiger partial charge is 0.396 e. The van der Waals surface area contributed by atoms with Gasteiger partial charge in [0.2, 0.25) is 0 Å². The number of aliphatic hydroxyl groups excluding tert-OH is 1. The van der Waals surface area contributed by atoms with Crippen LogP contribution in [0.4, 0.5) is 0 Å². The molecule has 1 atom stereocenters. The van der Waals surface area contributed by atoms with E-state index >= 15 is 0 Å². The fraction of sp³-hybridized carbons (Fsp3) is 0.538. The van der Waals surface area contributed by atoms with E-state index in [1.165, 1.54) is 5.56 Å². The Balaban J connectivity index is 2.65. The molecular weight excluding hydrogens is 252 g/mol. The number of halogens is 1. The quantitative estimate of drug-likeness (QED) is 0.859. The van der Waals surface area contributed by atoms with Gasteiger partial charge in [0.1, 0.15) is 0 Å². The molecule has 2 heteroatoms. The molecule has 0 bridgehead atoms. The summed E-state index contributed by atoms with van der Waals surface area (Å²) >= 11 is 3.46. The van der Waals surface area contributed by atoms with E-state index in [0.717, 1.165) is 17.3 Å². The van der Waals surface area contributed by atoms with Crippen LogP contribution in [0.15, 0.2) is 28.7 Å². The molecule has 0 amide bonds. The highest BCUT2D eigenvalue weighted by Gasteiger charge is 2.11. The number of hydrogen-bond acceptors (Lipinski definition) is 1. The van der Waals surface area contributed by atoms with E-state index in [4.69, 9.17) is 0 Å². The van der Waals surface area contributed by atoms with Crippen molar-refractivity contribution in [3.8, 4) is 0 Å². The zero-order valence-electron chi connectivity index (χ0n) is 9.41. The first-order chi connectivity index (χ1) is 7.13. The Labute approximate surface area is 101 Å². The second-order valence-corrected chi connectivity index (χ2v) is 5.32. The fourth-order valence-corrected chi connectivity index (χ4v) is 2.08. The van der Waals surface area contributed by atoms with Gasteiger partial charge in [0.05, 0.1) is 0 Å². The molecule has 0 saturated carbocycles. The minimum Gasteiger partial charge on any atom is -0.396 e. The maximum atomic E-state index is 9.37. The summed E-state index contributed by atoms with van der Waals surface area (Å²) in [6.07, 6.45) is 2.22. The molecule has 0 saturated heterocycles. The third-order valence-corrected chi connectivity index (χ3v) is 3.13. The first-order valence-corrected chi connectivity index (χ1v) is 6.29. The molecule has 0 fully saturated rings. The molecule has 0 aliphatic carbocycles. The lowest BCUT2D eigenvalue weighted by Gasteiger charge is -2.16. The van der Waals surface area contributed by atoms with Crippen molar-refractivity contribution in [2.75, 3.05) is 6.61 Å². The van der Waals surface area contributed by atoms with Crippen molar-refractivity contribution in [2.45, 2.75) is 32.6 Å². The SMILES string of the molecule is CC(C)CCC(CO)c1cccc(Br)c1. The first-order valence-electron chi connectivity index (χ1n) is 5.49. The molecule has 0 radical (unpaired) electrons. The van der Waals surface area contributed by atoms with Crippen LogP contribution in [0.3, 0.4) is 0 Å². The first kappa shape index (κ1) is 12.7. The average molecular weight is 271 g/mol. The molecule has 1 aromatic rings. The minimum absolute atomic E-state index is 0.239. The fourth-order valence-electron chi connectivity index (χ4n) is 1.66. The second-order valence-electron chi connectivity index (χ2n) is 4.41. The lowest BCUT2D eigenvalue weighted by molar-refractivity contribution is 0.253. The van der Waals surface area contributed by atoms with Crippen molar-refractivity contribution in [1.29, 1.82) is 0 Å². The van der Waals surface area contributed by atoms with Crippen LogP contribution in [0.25, 0.3) is 0 Å². The lowest BCUT2D eigenvalue weighted by Crippen LogP contribution is -2.05. The average Bonchev–Trinajstić information content (AvgIpc) is 2.18. The summed E-state index contributed by atoms with van der Waals surface area (Å²) in [5, 5.41) is 9.37. The highest BCUT2D eigenvalue weighted by atomic mass is 79.9. The highest BCUT2D eigenvalue weighted by molar-refractivity contribution is 9.10. The van der Waals surface area contributed by atoms with Crippen molar-refractivity contribution in [3.05, 3.63) is 34.3 Å².